The Kier molecular flexibility index (Phi) is 4.06. The maximum Gasteiger partial charge on any atom is 0.138 e. The standard InChI is InChI=1S/C12H15N3OS/c1-2-12-15-10(8-17-12)7-16-11-4-3-9(5-13)14-6-11/h3-4,6,8H,2,5,7,13H2,1H3. The number of ether oxygens (including phenoxy) is 1. The summed E-state index contributed by atoms with van der Waals surface area (Å²) in [5.41, 5.74) is 7.30. The molecule has 5 heteroatoms. The van der Waals surface area contributed by atoms with Gasteiger partial charge in [-0.25, -0.2) is 4.98 Å². The van der Waals surface area contributed by atoms with Crippen LogP contribution in [0.25, 0.3) is 0 Å². The number of aryl methyl sites for hydroxylation is 1. The summed E-state index contributed by atoms with van der Waals surface area (Å²) < 4.78 is 5.59. The number of hydrogen-bond donors (Lipinski definition) is 1. The SMILES string of the molecule is CCc1nc(COc2ccc(CN)nc2)cs1. The minimum atomic E-state index is 0.451. The van der Waals surface area contributed by atoms with Crippen LogP contribution in [0.4, 0.5) is 0 Å². The highest BCUT2D eigenvalue weighted by Gasteiger charge is 2.01. The van der Waals surface area contributed by atoms with E-state index in [2.05, 4.69) is 16.9 Å². The molecule has 17 heavy (non-hydrogen) atoms. The molecule has 0 aliphatic heterocycles. The molecule has 0 spiro atoms. The van der Waals surface area contributed by atoms with E-state index in [9.17, 15) is 0 Å². The number of hydrogen-bond acceptors (Lipinski definition) is 5. The van der Waals surface area contributed by atoms with Gasteiger partial charge in [-0.05, 0) is 18.6 Å². The second-order valence-electron chi connectivity index (χ2n) is 3.56. The molecule has 0 aliphatic carbocycles. The molecular formula is C12H15N3OS. The number of thiazole rings is 1. The molecule has 2 N–H and O–H groups in total. The van der Waals surface area contributed by atoms with Crippen molar-refractivity contribution < 1.29 is 4.74 Å². The van der Waals surface area contributed by atoms with Crippen LogP contribution in [-0.4, -0.2) is 9.97 Å². The lowest BCUT2D eigenvalue weighted by molar-refractivity contribution is 0.300. The number of aromatic nitrogens is 2. The summed E-state index contributed by atoms with van der Waals surface area (Å²) in [6.07, 6.45) is 2.66. The first kappa shape index (κ1) is 12.0. The summed E-state index contributed by atoms with van der Waals surface area (Å²) in [4.78, 5) is 8.59. The zero-order chi connectivity index (χ0) is 12.1. The van der Waals surface area contributed by atoms with E-state index in [1.807, 2.05) is 17.5 Å². The van der Waals surface area contributed by atoms with E-state index in [0.29, 0.717) is 13.2 Å². The van der Waals surface area contributed by atoms with Crippen molar-refractivity contribution in [3.63, 3.8) is 0 Å². The molecule has 0 amide bonds. The van der Waals surface area contributed by atoms with Crippen LogP contribution in [0.15, 0.2) is 23.7 Å². The van der Waals surface area contributed by atoms with Crippen molar-refractivity contribution in [3.8, 4) is 5.75 Å². The molecule has 0 atom stereocenters. The van der Waals surface area contributed by atoms with Crippen molar-refractivity contribution in [2.75, 3.05) is 0 Å². The molecule has 0 aromatic carbocycles. The van der Waals surface area contributed by atoms with E-state index >= 15 is 0 Å². The van der Waals surface area contributed by atoms with Gasteiger partial charge in [0, 0.05) is 11.9 Å². The Morgan fingerprint density at radius 1 is 1.35 bits per heavy atom. The van der Waals surface area contributed by atoms with Gasteiger partial charge in [-0.1, -0.05) is 6.92 Å². The van der Waals surface area contributed by atoms with E-state index in [-0.39, 0.29) is 0 Å². The van der Waals surface area contributed by atoms with Gasteiger partial charge >= 0.3 is 0 Å². The van der Waals surface area contributed by atoms with Crippen LogP contribution >= 0.6 is 11.3 Å². The van der Waals surface area contributed by atoms with Crippen molar-refractivity contribution in [1.82, 2.24) is 9.97 Å². The molecule has 0 unspecified atom stereocenters. The van der Waals surface area contributed by atoms with Crippen LogP contribution in [0.1, 0.15) is 23.3 Å². The second kappa shape index (κ2) is 5.75. The van der Waals surface area contributed by atoms with Gasteiger partial charge in [-0.3, -0.25) is 4.98 Å². The minimum Gasteiger partial charge on any atom is -0.486 e. The fraction of sp³-hybridized carbons (Fsp3) is 0.333. The maximum atomic E-state index is 5.59. The van der Waals surface area contributed by atoms with Gasteiger partial charge < -0.3 is 10.5 Å². The molecule has 0 aliphatic rings. The normalized spacial score (nSPS) is 10.5. The Balaban J connectivity index is 1.92. The smallest absolute Gasteiger partial charge is 0.138 e. The molecule has 4 nitrogen and oxygen atoms in total. The minimum absolute atomic E-state index is 0.451. The molecule has 2 aromatic rings. The average molecular weight is 249 g/mol. The van der Waals surface area contributed by atoms with Crippen molar-refractivity contribution in [2.24, 2.45) is 5.73 Å². The topological polar surface area (TPSA) is 61.0 Å². The third-order valence-corrected chi connectivity index (χ3v) is 3.34. The molecular weight excluding hydrogens is 234 g/mol. The van der Waals surface area contributed by atoms with Crippen LogP contribution < -0.4 is 10.5 Å². The largest absolute Gasteiger partial charge is 0.486 e. The first-order valence-electron chi connectivity index (χ1n) is 5.53. The number of nitrogens with zero attached hydrogens (tertiary/aromatic N) is 2. The molecule has 2 rings (SSSR count). The Labute approximate surface area is 104 Å². The lowest BCUT2D eigenvalue weighted by atomic mass is 10.3. The van der Waals surface area contributed by atoms with Crippen LogP contribution in [0, 0.1) is 0 Å². The first-order valence-corrected chi connectivity index (χ1v) is 6.41. The van der Waals surface area contributed by atoms with E-state index in [4.69, 9.17) is 10.5 Å². The van der Waals surface area contributed by atoms with Crippen LogP contribution in [-0.2, 0) is 19.6 Å². The lowest BCUT2D eigenvalue weighted by Gasteiger charge is -2.04. The molecule has 0 saturated heterocycles. The van der Waals surface area contributed by atoms with Gasteiger partial charge in [0.1, 0.15) is 12.4 Å². The maximum absolute atomic E-state index is 5.59. The van der Waals surface area contributed by atoms with Crippen molar-refractivity contribution in [1.29, 1.82) is 0 Å². The van der Waals surface area contributed by atoms with Gasteiger partial charge in [0.05, 0.1) is 22.6 Å². The van der Waals surface area contributed by atoms with Gasteiger partial charge in [-0.2, -0.15) is 0 Å². The van der Waals surface area contributed by atoms with Crippen LogP contribution in [0.2, 0.25) is 0 Å². The first-order chi connectivity index (χ1) is 8.31. The lowest BCUT2D eigenvalue weighted by Crippen LogP contribution is -2.00. The third-order valence-electron chi connectivity index (χ3n) is 2.30. The van der Waals surface area contributed by atoms with Gasteiger partial charge in [0.2, 0.25) is 0 Å². The summed E-state index contributed by atoms with van der Waals surface area (Å²) in [5.74, 6) is 0.744. The van der Waals surface area contributed by atoms with E-state index in [1.54, 1.807) is 17.5 Å². The van der Waals surface area contributed by atoms with Crippen molar-refractivity contribution >= 4 is 11.3 Å². The Bertz CT molecular complexity index is 467. The number of rotatable bonds is 5. The van der Waals surface area contributed by atoms with E-state index in [0.717, 1.165) is 28.6 Å². The van der Waals surface area contributed by atoms with Crippen molar-refractivity contribution in [2.45, 2.75) is 26.5 Å². The quantitative estimate of drug-likeness (QED) is 0.882. The Morgan fingerprint density at radius 3 is 2.82 bits per heavy atom. The van der Waals surface area contributed by atoms with E-state index < -0.39 is 0 Å². The molecule has 0 saturated carbocycles. The molecule has 2 aromatic heterocycles. The summed E-state index contributed by atoms with van der Waals surface area (Å²) in [6.45, 7) is 3.03. The van der Waals surface area contributed by atoms with Gasteiger partial charge in [0.15, 0.2) is 0 Å². The van der Waals surface area contributed by atoms with Gasteiger partial charge in [0.25, 0.3) is 0 Å². The monoisotopic (exact) mass is 249 g/mol. The Morgan fingerprint density at radius 2 is 2.24 bits per heavy atom. The van der Waals surface area contributed by atoms with Crippen LogP contribution in [0.5, 0.6) is 5.75 Å². The summed E-state index contributed by atoms with van der Waals surface area (Å²) in [5, 5.41) is 3.17. The third kappa shape index (κ3) is 3.25. The molecule has 0 bridgehead atoms. The highest BCUT2D eigenvalue weighted by Crippen LogP contribution is 2.14. The predicted molar refractivity (Wildman–Crippen MR) is 68.0 cm³/mol. The van der Waals surface area contributed by atoms with E-state index in [1.165, 1.54) is 0 Å². The number of pyridine rings is 1. The molecule has 0 fully saturated rings. The highest BCUT2D eigenvalue weighted by molar-refractivity contribution is 7.09. The zero-order valence-electron chi connectivity index (χ0n) is 9.72. The summed E-state index contributed by atoms with van der Waals surface area (Å²) in [6, 6.07) is 3.75. The number of nitrogens with two attached hydrogens (primary N) is 1. The molecule has 2 heterocycles. The van der Waals surface area contributed by atoms with Gasteiger partial charge in [-0.15, -0.1) is 11.3 Å². The molecule has 0 radical (unpaired) electrons. The fourth-order valence-electron chi connectivity index (χ4n) is 1.35. The second-order valence-corrected chi connectivity index (χ2v) is 4.51. The molecule has 90 valence electrons. The average Bonchev–Trinajstić information content (AvgIpc) is 2.85. The fourth-order valence-corrected chi connectivity index (χ4v) is 2.08. The summed E-state index contributed by atoms with van der Waals surface area (Å²) >= 11 is 1.67. The summed E-state index contributed by atoms with van der Waals surface area (Å²) in [7, 11) is 0. The van der Waals surface area contributed by atoms with Crippen molar-refractivity contribution in [3.05, 3.63) is 40.1 Å². The zero-order valence-corrected chi connectivity index (χ0v) is 10.5. The van der Waals surface area contributed by atoms with Crippen LogP contribution in [0.3, 0.4) is 0 Å². The predicted octanol–water partition coefficient (Wildman–Crippen LogP) is 2.14. The highest BCUT2D eigenvalue weighted by atomic mass is 32.1. The Hall–Kier alpha value is -1.46.